The summed E-state index contributed by atoms with van der Waals surface area (Å²) in [5.41, 5.74) is 5.50. The molecule has 0 fully saturated rings. The van der Waals surface area contributed by atoms with Crippen LogP contribution in [0.25, 0.3) is 16.3 Å². The summed E-state index contributed by atoms with van der Waals surface area (Å²) in [5.74, 6) is 0.498. The molecule has 2 aromatic rings. The number of benzene rings is 2. The molecule has 0 saturated carbocycles. The Hall–Kier alpha value is -1.76. The Morgan fingerprint density at radius 2 is 1.38 bits per heavy atom. The number of fused-ring (bicyclic) bond motifs is 1. The fourth-order valence-electron chi connectivity index (χ4n) is 4.35. The van der Waals surface area contributed by atoms with Crippen molar-refractivity contribution in [1.29, 1.82) is 0 Å². The predicted octanol–water partition coefficient (Wildman–Crippen LogP) is 8.46. The van der Waals surface area contributed by atoms with E-state index in [4.69, 9.17) is 6.58 Å². The van der Waals surface area contributed by atoms with Crippen molar-refractivity contribution in [2.24, 2.45) is 0 Å². The van der Waals surface area contributed by atoms with Crippen LogP contribution in [0.15, 0.2) is 18.2 Å². The van der Waals surface area contributed by atoms with Gasteiger partial charge in [-0.25, -0.2) is 0 Å². The Labute approximate surface area is 179 Å². The SMILES string of the molecule is [C]=C(CCCC)c1c(CCCC)c(CCCC)c(O)c2c(CCCC)cccc12. The summed E-state index contributed by atoms with van der Waals surface area (Å²) in [5, 5.41) is 13.6. The molecule has 0 bridgehead atoms. The van der Waals surface area contributed by atoms with Crippen LogP contribution in [-0.2, 0) is 19.3 Å². The third-order valence-corrected chi connectivity index (χ3v) is 6.05. The molecule has 0 aromatic heterocycles. The second-order valence-electron chi connectivity index (χ2n) is 8.41. The normalized spacial score (nSPS) is 11.3. The number of aryl methyl sites for hydroxylation is 1. The van der Waals surface area contributed by atoms with Crippen LogP contribution in [0.2, 0.25) is 0 Å². The number of aromatic hydroxyl groups is 1. The molecule has 0 spiro atoms. The van der Waals surface area contributed by atoms with E-state index >= 15 is 0 Å². The third-order valence-electron chi connectivity index (χ3n) is 6.05. The van der Waals surface area contributed by atoms with Gasteiger partial charge in [-0.2, -0.15) is 0 Å². The number of hydrogen-bond acceptors (Lipinski definition) is 1. The third kappa shape index (κ3) is 5.65. The van der Waals surface area contributed by atoms with Crippen LogP contribution in [0.5, 0.6) is 5.75 Å². The molecule has 2 aromatic carbocycles. The lowest BCUT2D eigenvalue weighted by molar-refractivity contribution is 0.471. The molecule has 1 heteroatoms. The first-order chi connectivity index (χ1) is 14.1. The second-order valence-corrected chi connectivity index (χ2v) is 8.41. The van der Waals surface area contributed by atoms with Crippen LogP contribution in [0, 0.1) is 6.58 Å². The van der Waals surface area contributed by atoms with Gasteiger partial charge in [-0.15, -0.1) is 0 Å². The Kier molecular flexibility index (Phi) is 9.78. The molecule has 29 heavy (non-hydrogen) atoms. The monoisotopic (exact) mass is 392 g/mol. The van der Waals surface area contributed by atoms with Crippen LogP contribution in [0.4, 0.5) is 0 Å². The Balaban J connectivity index is 2.79. The van der Waals surface area contributed by atoms with Gasteiger partial charge < -0.3 is 5.11 Å². The van der Waals surface area contributed by atoms with Crippen molar-refractivity contribution in [1.82, 2.24) is 0 Å². The van der Waals surface area contributed by atoms with E-state index in [0.717, 1.165) is 105 Å². The smallest absolute Gasteiger partial charge is 0.127 e. The van der Waals surface area contributed by atoms with Gasteiger partial charge in [0.1, 0.15) is 5.75 Å². The zero-order valence-corrected chi connectivity index (χ0v) is 19.2. The largest absolute Gasteiger partial charge is 0.507 e. The van der Waals surface area contributed by atoms with Gasteiger partial charge >= 0.3 is 0 Å². The molecule has 0 unspecified atom stereocenters. The van der Waals surface area contributed by atoms with Crippen LogP contribution in [-0.4, -0.2) is 5.11 Å². The maximum absolute atomic E-state index is 11.4. The van der Waals surface area contributed by atoms with Crippen molar-refractivity contribution in [2.45, 2.75) is 105 Å². The van der Waals surface area contributed by atoms with Crippen LogP contribution in [0.3, 0.4) is 0 Å². The molecular formula is C28H40O. The number of unbranched alkanes of at least 4 members (excludes halogenated alkanes) is 4. The number of phenolic OH excluding ortho intramolecular Hbond substituents is 1. The minimum atomic E-state index is 0.498. The van der Waals surface area contributed by atoms with Crippen LogP contribution >= 0.6 is 0 Å². The minimum absolute atomic E-state index is 0.498. The van der Waals surface area contributed by atoms with Crippen molar-refractivity contribution in [3.63, 3.8) is 0 Å². The maximum atomic E-state index is 11.4. The van der Waals surface area contributed by atoms with E-state index in [1.807, 2.05) is 0 Å². The lowest BCUT2D eigenvalue weighted by Gasteiger charge is -2.23. The summed E-state index contributed by atoms with van der Waals surface area (Å²) in [6, 6.07) is 6.44. The highest BCUT2D eigenvalue weighted by Crippen LogP contribution is 2.42. The molecule has 0 aliphatic carbocycles. The molecule has 0 saturated heterocycles. The first-order valence-corrected chi connectivity index (χ1v) is 12.0. The maximum Gasteiger partial charge on any atom is 0.127 e. The Morgan fingerprint density at radius 3 is 2.00 bits per heavy atom. The quantitative estimate of drug-likeness (QED) is 0.362. The average molecular weight is 393 g/mol. The van der Waals surface area contributed by atoms with E-state index in [1.165, 1.54) is 11.1 Å². The van der Waals surface area contributed by atoms with Gasteiger partial charge in [0, 0.05) is 5.39 Å². The van der Waals surface area contributed by atoms with Gasteiger partial charge in [-0.05, 0) is 91.2 Å². The van der Waals surface area contributed by atoms with E-state index in [1.54, 1.807) is 0 Å². The molecule has 158 valence electrons. The van der Waals surface area contributed by atoms with Crippen molar-refractivity contribution in [3.05, 3.63) is 47.0 Å². The minimum Gasteiger partial charge on any atom is -0.507 e. The highest BCUT2D eigenvalue weighted by Gasteiger charge is 2.21. The number of allylic oxidation sites excluding steroid dienone is 1. The first-order valence-electron chi connectivity index (χ1n) is 12.0. The standard InChI is InChI=1S/C28H40O/c1-6-10-15-21(5)26-23(18-12-8-3)24(19-13-9-4)28(29)27-22(16-11-7-2)17-14-20-25(26)27/h14,17,20,29H,6-13,15-16,18-19H2,1-4H3. The molecule has 0 atom stereocenters. The molecule has 0 aliphatic rings. The lowest BCUT2D eigenvalue weighted by atomic mass is 9.82. The van der Waals surface area contributed by atoms with Gasteiger partial charge in [0.2, 0.25) is 0 Å². The van der Waals surface area contributed by atoms with E-state index in [2.05, 4.69) is 45.9 Å². The van der Waals surface area contributed by atoms with Crippen molar-refractivity contribution in [3.8, 4) is 5.75 Å². The van der Waals surface area contributed by atoms with E-state index in [9.17, 15) is 5.11 Å². The summed E-state index contributed by atoms with van der Waals surface area (Å²) in [6.07, 6.45) is 12.5. The Bertz CT molecular complexity index is 800. The van der Waals surface area contributed by atoms with Crippen LogP contribution in [0.1, 0.15) is 108 Å². The van der Waals surface area contributed by atoms with Gasteiger partial charge in [0.15, 0.2) is 0 Å². The number of hydrogen-bond donors (Lipinski definition) is 1. The summed E-state index contributed by atoms with van der Waals surface area (Å²) >= 11 is 0. The Morgan fingerprint density at radius 1 is 0.793 bits per heavy atom. The first kappa shape index (κ1) is 23.5. The lowest BCUT2D eigenvalue weighted by Crippen LogP contribution is -2.05. The molecular weight excluding hydrogens is 352 g/mol. The van der Waals surface area contributed by atoms with E-state index in [0.29, 0.717) is 5.75 Å². The molecule has 2 rings (SSSR count). The molecule has 1 N–H and O–H groups in total. The highest BCUT2D eigenvalue weighted by atomic mass is 16.3. The molecule has 0 amide bonds. The van der Waals surface area contributed by atoms with Gasteiger partial charge in [-0.1, -0.05) is 71.6 Å². The zero-order chi connectivity index (χ0) is 21.2. The topological polar surface area (TPSA) is 20.2 Å². The van der Waals surface area contributed by atoms with Gasteiger partial charge in [-0.3, -0.25) is 0 Å². The average Bonchev–Trinajstić information content (AvgIpc) is 2.73. The highest BCUT2D eigenvalue weighted by molar-refractivity contribution is 6.01. The molecule has 0 heterocycles. The second kappa shape index (κ2) is 12.1. The zero-order valence-electron chi connectivity index (χ0n) is 19.2. The van der Waals surface area contributed by atoms with Gasteiger partial charge in [0.25, 0.3) is 0 Å². The molecule has 1 nitrogen and oxygen atoms in total. The van der Waals surface area contributed by atoms with Crippen molar-refractivity contribution < 1.29 is 5.11 Å². The summed E-state index contributed by atoms with van der Waals surface area (Å²) in [7, 11) is 0. The van der Waals surface area contributed by atoms with Crippen LogP contribution < -0.4 is 0 Å². The fourth-order valence-corrected chi connectivity index (χ4v) is 4.35. The predicted molar refractivity (Wildman–Crippen MR) is 128 cm³/mol. The van der Waals surface area contributed by atoms with E-state index < -0.39 is 0 Å². The van der Waals surface area contributed by atoms with Crippen molar-refractivity contribution in [2.75, 3.05) is 0 Å². The number of rotatable bonds is 13. The fraction of sp³-hybridized carbons (Fsp3) is 0.571. The summed E-state index contributed by atoms with van der Waals surface area (Å²) in [6.45, 7) is 17.8. The number of phenols is 1. The summed E-state index contributed by atoms with van der Waals surface area (Å²) < 4.78 is 0. The summed E-state index contributed by atoms with van der Waals surface area (Å²) in [4.78, 5) is 0. The van der Waals surface area contributed by atoms with E-state index in [-0.39, 0.29) is 0 Å². The van der Waals surface area contributed by atoms with Gasteiger partial charge in [0.05, 0.1) is 0 Å². The molecule has 0 aliphatic heterocycles. The van der Waals surface area contributed by atoms with Crippen molar-refractivity contribution >= 4 is 16.3 Å². The molecule has 2 radical (unpaired) electrons.